The zero-order valence-corrected chi connectivity index (χ0v) is 15.5. The van der Waals surface area contributed by atoms with Gasteiger partial charge in [0.2, 0.25) is 0 Å². The Hall–Kier alpha value is -4.12. The Morgan fingerprint density at radius 2 is 1.48 bits per heavy atom. The van der Waals surface area contributed by atoms with E-state index in [-0.39, 0.29) is 5.56 Å². The highest BCUT2D eigenvalue weighted by atomic mass is 16.4. The van der Waals surface area contributed by atoms with Crippen LogP contribution in [0.2, 0.25) is 0 Å². The number of rotatable bonds is 6. The number of para-hydroxylation sites is 2. The van der Waals surface area contributed by atoms with E-state index in [1.54, 1.807) is 36.5 Å². The third kappa shape index (κ3) is 4.25. The topological polar surface area (TPSA) is 66.0 Å². The van der Waals surface area contributed by atoms with Gasteiger partial charge < -0.3 is 9.52 Å². The number of hydrogen-bond acceptors (Lipinski definition) is 4. The van der Waals surface area contributed by atoms with Gasteiger partial charge in [-0.05, 0) is 48.5 Å². The summed E-state index contributed by atoms with van der Waals surface area (Å²) in [5.41, 5.74) is 2.77. The van der Waals surface area contributed by atoms with Crippen molar-refractivity contribution < 1.29 is 14.3 Å². The molecular weight excluding hydrogens is 364 g/mol. The molecule has 0 aliphatic rings. The van der Waals surface area contributed by atoms with E-state index in [4.69, 9.17) is 9.52 Å². The van der Waals surface area contributed by atoms with Gasteiger partial charge in [0.15, 0.2) is 0 Å². The quantitative estimate of drug-likeness (QED) is 0.337. The molecule has 0 bridgehead atoms. The molecule has 0 amide bonds. The molecule has 1 N–H and O–H groups in total. The van der Waals surface area contributed by atoms with E-state index in [0.29, 0.717) is 17.1 Å². The van der Waals surface area contributed by atoms with Gasteiger partial charge in [-0.1, -0.05) is 48.5 Å². The van der Waals surface area contributed by atoms with E-state index in [0.717, 1.165) is 11.4 Å². The van der Waals surface area contributed by atoms with Crippen LogP contribution in [-0.4, -0.2) is 17.3 Å². The summed E-state index contributed by atoms with van der Waals surface area (Å²) in [4.78, 5) is 11.2. The molecule has 5 heteroatoms. The van der Waals surface area contributed by atoms with Crippen molar-refractivity contribution in [2.45, 2.75) is 0 Å². The van der Waals surface area contributed by atoms with Crippen molar-refractivity contribution in [3.8, 4) is 11.3 Å². The number of anilines is 2. The molecule has 4 rings (SSSR count). The summed E-state index contributed by atoms with van der Waals surface area (Å²) in [6.07, 6.45) is 1.64. The maximum atomic E-state index is 11.2. The zero-order chi connectivity index (χ0) is 20.1. The summed E-state index contributed by atoms with van der Waals surface area (Å²) in [7, 11) is 0. The van der Waals surface area contributed by atoms with Crippen LogP contribution in [0, 0.1) is 0 Å². The molecule has 142 valence electrons. The highest BCUT2D eigenvalue weighted by Crippen LogP contribution is 2.26. The van der Waals surface area contributed by atoms with Crippen molar-refractivity contribution in [1.29, 1.82) is 0 Å². The van der Waals surface area contributed by atoms with Gasteiger partial charge in [0.1, 0.15) is 11.5 Å². The maximum absolute atomic E-state index is 11.2. The van der Waals surface area contributed by atoms with E-state index in [1.165, 1.54) is 0 Å². The number of benzene rings is 3. The van der Waals surface area contributed by atoms with E-state index < -0.39 is 5.97 Å². The molecule has 4 aromatic rings. The molecule has 29 heavy (non-hydrogen) atoms. The Bertz CT molecular complexity index is 1100. The van der Waals surface area contributed by atoms with Crippen LogP contribution in [-0.2, 0) is 0 Å². The molecule has 0 unspecified atom stereocenters. The molecule has 0 radical (unpaired) electrons. The average Bonchev–Trinajstić information content (AvgIpc) is 3.25. The van der Waals surface area contributed by atoms with Gasteiger partial charge in [-0.2, -0.15) is 5.10 Å². The lowest BCUT2D eigenvalue weighted by Crippen LogP contribution is -2.08. The van der Waals surface area contributed by atoms with E-state index >= 15 is 0 Å². The highest BCUT2D eigenvalue weighted by molar-refractivity contribution is 5.89. The second-order valence-corrected chi connectivity index (χ2v) is 6.32. The maximum Gasteiger partial charge on any atom is 0.335 e. The number of furan rings is 1. The Kier molecular flexibility index (Phi) is 5.21. The van der Waals surface area contributed by atoms with Gasteiger partial charge in [-0.15, -0.1) is 0 Å². The summed E-state index contributed by atoms with van der Waals surface area (Å²) in [5.74, 6) is 0.180. The molecule has 0 aliphatic carbocycles. The number of hydrazone groups is 1. The minimum atomic E-state index is -0.971. The van der Waals surface area contributed by atoms with Gasteiger partial charge in [-0.3, -0.25) is 0 Å². The first-order chi connectivity index (χ1) is 14.2. The van der Waals surface area contributed by atoms with Crippen molar-refractivity contribution in [3.05, 3.63) is 108 Å². The van der Waals surface area contributed by atoms with Gasteiger partial charge in [0, 0.05) is 5.56 Å². The van der Waals surface area contributed by atoms with Crippen molar-refractivity contribution in [3.63, 3.8) is 0 Å². The summed E-state index contributed by atoms with van der Waals surface area (Å²) < 4.78 is 5.86. The molecule has 0 fully saturated rings. The SMILES string of the molecule is O=C(O)c1cccc(-c2ccc(C=NN(c3ccccc3)c3ccccc3)o2)c1. The van der Waals surface area contributed by atoms with Crippen LogP contribution in [0.25, 0.3) is 11.3 Å². The fourth-order valence-corrected chi connectivity index (χ4v) is 2.92. The zero-order valence-electron chi connectivity index (χ0n) is 15.5. The van der Waals surface area contributed by atoms with E-state index in [1.807, 2.05) is 71.7 Å². The number of carboxylic acids is 1. The predicted molar refractivity (Wildman–Crippen MR) is 114 cm³/mol. The van der Waals surface area contributed by atoms with Crippen LogP contribution in [0.15, 0.2) is 107 Å². The second kappa shape index (κ2) is 8.27. The molecular formula is C24H18N2O3. The molecule has 3 aromatic carbocycles. The van der Waals surface area contributed by atoms with Crippen LogP contribution in [0.1, 0.15) is 16.1 Å². The average molecular weight is 382 g/mol. The smallest absolute Gasteiger partial charge is 0.335 e. The van der Waals surface area contributed by atoms with Crippen LogP contribution < -0.4 is 5.01 Å². The summed E-state index contributed by atoms with van der Waals surface area (Å²) in [5, 5.41) is 15.6. The second-order valence-electron chi connectivity index (χ2n) is 6.32. The summed E-state index contributed by atoms with van der Waals surface area (Å²) >= 11 is 0. The normalized spacial score (nSPS) is 10.9. The first kappa shape index (κ1) is 18.3. The molecule has 5 nitrogen and oxygen atoms in total. The molecule has 0 aliphatic heterocycles. The standard InChI is InChI=1S/C24H18N2O3/c27-24(28)19-9-7-8-18(16-19)23-15-14-22(29-23)17-25-26(20-10-3-1-4-11-20)21-12-5-2-6-13-21/h1-17H,(H,27,28). The lowest BCUT2D eigenvalue weighted by molar-refractivity contribution is 0.0697. The minimum Gasteiger partial charge on any atom is -0.478 e. The van der Waals surface area contributed by atoms with Crippen LogP contribution in [0.4, 0.5) is 11.4 Å². The third-order valence-corrected chi connectivity index (χ3v) is 4.32. The molecule has 1 heterocycles. The predicted octanol–water partition coefficient (Wildman–Crippen LogP) is 5.82. The molecule has 0 saturated heterocycles. The molecule has 0 saturated carbocycles. The van der Waals surface area contributed by atoms with Crippen LogP contribution in [0.5, 0.6) is 0 Å². The monoisotopic (exact) mass is 382 g/mol. The van der Waals surface area contributed by atoms with Gasteiger partial charge in [-0.25, -0.2) is 9.80 Å². The van der Waals surface area contributed by atoms with Gasteiger partial charge in [0.25, 0.3) is 0 Å². The fourth-order valence-electron chi connectivity index (χ4n) is 2.92. The highest BCUT2D eigenvalue weighted by Gasteiger charge is 2.09. The Labute approximate surface area is 168 Å². The van der Waals surface area contributed by atoms with Crippen LogP contribution >= 0.6 is 0 Å². The third-order valence-electron chi connectivity index (χ3n) is 4.32. The van der Waals surface area contributed by atoms with Crippen molar-refractivity contribution in [1.82, 2.24) is 0 Å². The van der Waals surface area contributed by atoms with Crippen molar-refractivity contribution in [2.24, 2.45) is 5.10 Å². The van der Waals surface area contributed by atoms with Gasteiger partial charge >= 0.3 is 5.97 Å². The lowest BCUT2D eigenvalue weighted by atomic mass is 10.1. The number of carboxylic acid groups (broad SMARTS) is 1. The number of aromatic carboxylic acids is 1. The molecule has 0 atom stereocenters. The van der Waals surface area contributed by atoms with E-state index in [9.17, 15) is 4.79 Å². The number of carbonyl (C=O) groups is 1. The summed E-state index contributed by atoms with van der Waals surface area (Å²) in [6, 6.07) is 29.9. The first-order valence-electron chi connectivity index (χ1n) is 9.08. The molecule has 0 spiro atoms. The first-order valence-corrected chi connectivity index (χ1v) is 9.08. The van der Waals surface area contributed by atoms with Crippen molar-refractivity contribution in [2.75, 3.05) is 5.01 Å². The number of hydrogen-bond donors (Lipinski definition) is 1. The summed E-state index contributed by atoms with van der Waals surface area (Å²) in [6.45, 7) is 0. The largest absolute Gasteiger partial charge is 0.478 e. The van der Waals surface area contributed by atoms with Crippen molar-refractivity contribution >= 4 is 23.6 Å². The number of nitrogens with zero attached hydrogens (tertiary/aromatic N) is 2. The van der Waals surface area contributed by atoms with Crippen LogP contribution in [0.3, 0.4) is 0 Å². The molecule has 1 aromatic heterocycles. The minimum absolute atomic E-state index is 0.216. The Morgan fingerprint density at radius 1 is 0.828 bits per heavy atom. The van der Waals surface area contributed by atoms with Gasteiger partial charge in [0.05, 0.1) is 23.2 Å². The fraction of sp³-hybridized carbons (Fsp3) is 0. The lowest BCUT2D eigenvalue weighted by Gasteiger charge is -2.18. The van der Waals surface area contributed by atoms with E-state index in [2.05, 4.69) is 5.10 Å². The Morgan fingerprint density at radius 3 is 2.10 bits per heavy atom. The Balaban J connectivity index is 1.62.